The lowest BCUT2D eigenvalue weighted by molar-refractivity contribution is -0.137. The van der Waals surface area contributed by atoms with Crippen molar-refractivity contribution in [2.45, 2.75) is 32.1 Å². The predicted molar refractivity (Wildman–Crippen MR) is 142 cm³/mol. The number of aryl methyl sites for hydroxylation is 1. The lowest BCUT2D eigenvalue weighted by Gasteiger charge is -2.26. The molecular weight excluding hydrogens is 459 g/mol. The lowest BCUT2D eigenvalue weighted by atomic mass is 9.98. The normalized spacial score (nSPS) is 17.2. The van der Waals surface area contributed by atoms with Crippen LogP contribution in [0.15, 0.2) is 78.9 Å². The van der Waals surface area contributed by atoms with Gasteiger partial charge in [-0.1, -0.05) is 74.5 Å². The molecule has 0 aliphatic carbocycles. The highest BCUT2D eigenvalue weighted by atomic mass is 28.3. The van der Waals surface area contributed by atoms with Crippen molar-refractivity contribution in [3.8, 4) is 22.4 Å². The minimum Gasteiger partial charge on any atom is -0.344 e. The number of nitrogens with zero attached hydrogens (tertiary/aromatic N) is 1. The molecule has 176 valence electrons. The number of hydrogen-bond donors (Lipinski definition) is 0. The highest BCUT2D eigenvalue weighted by Crippen LogP contribution is 2.39. The summed E-state index contributed by atoms with van der Waals surface area (Å²) in [5.74, 6) is 0. The monoisotopic (exact) mass is 485 g/mol. The summed E-state index contributed by atoms with van der Waals surface area (Å²) in [5.41, 5.74) is 5.10. The summed E-state index contributed by atoms with van der Waals surface area (Å²) in [7, 11) is 0.169. The fourth-order valence-electron chi connectivity index (χ4n) is 6.29. The molecule has 4 aromatic carbocycles. The molecule has 1 aliphatic heterocycles. The molecule has 1 atom stereocenters. The smallest absolute Gasteiger partial charge is 0.344 e. The highest BCUT2D eigenvalue weighted by Gasteiger charge is 2.45. The van der Waals surface area contributed by atoms with Gasteiger partial charge in [-0.2, -0.15) is 13.2 Å². The molecule has 1 nitrogen and oxygen atoms in total. The van der Waals surface area contributed by atoms with E-state index in [0.29, 0.717) is 0 Å². The molecule has 2 heterocycles. The number of hydrogen-bond acceptors (Lipinski definition) is 0. The zero-order valence-corrected chi connectivity index (χ0v) is 21.0. The molecule has 5 heteroatoms. The van der Waals surface area contributed by atoms with Crippen molar-refractivity contribution in [2.75, 3.05) is 0 Å². The van der Waals surface area contributed by atoms with Gasteiger partial charge in [0.15, 0.2) is 0 Å². The molecule has 1 aliphatic rings. The van der Waals surface area contributed by atoms with Gasteiger partial charge in [-0.15, -0.1) is 0 Å². The van der Waals surface area contributed by atoms with Gasteiger partial charge in [0.2, 0.25) is 0 Å². The Labute approximate surface area is 203 Å². The zero-order chi connectivity index (χ0) is 24.5. The zero-order valence-electron chi connectivity index (χ0n) is 20.0. The van der Waals surface area contributed by atoms with E-state index in [1.54, 1.807) is 17.3 Å². The Hall–Kier alpha value is -3.31. The Balaban J connectivity index is 1.55. The summed E-state index contributed by atoms with van der Waals surface area (Å²) in [6.07, 6.45) is -3.19. The molecule has 0 fully saturated rings. The average Bonchev–Trinajstić information content (AvgIpc) is 3.29. The van der Waals surface area contributed by atoms with E-state index in [2.05, 4.69) is 79.7 Å². The fourth-order valence-corrected chi connectivity index (χ4v) is 11.3. The van der Waals surface area contributed by atoms with Crippen molar-refractivity contribution in [1.82, 2.24) is 4.57 Å². The lowest BCUT2D eigenvalue weighted by Crippen LogP contribution is -2.52. The SMILES string of the molecule is CCC[Si]1(C)c2c(ccc3cc(-c4ccc(C(F)(F)F)cc4)ccc23)-c2c1c1ccccc1n2C. The Bertz CT molecular complexity index is 1610. The van der Waals surface area contributed by atoms with E-state index >= 15 is 0 Å². The molecule has 0 amide bonds. The van der Waals surface area contributed by atoms with Gasteiger partial charge in [0.25, 0.3) is 0 Å². The summed E-state index contributed by atoms with van der Waals surface area (Å²) < 4.78 is 41.4. The minimum atomic E-state index is -4.32. The Morgan fingerprint density at radius 3 is 2.23 bits per heavy atom. The third kappa shape index (κ3) is 3.14. The van der Waals surface area contributed by atoms with E-state index in [1.165, 1.54) is 38.8 Å². The summed E-state index contributed by atoms with van der Waals surface area (Å²) in [6, 6.07) is 26.2. The summed E-state index contributed by atoms with van der Waals surface area (Å²) in [4.78, 5) is 0. The first-order valence-electron chi connectivity index (χ1n) is 12.1. The molecule has 6 rings (SSSR count). The number of benzene rings is 4. The molecular formula is C30H26F3NSi. The second-order valence-corrected chi connectivity index (χ2v) is 14.0. The van der Waals surface area contributed by atoms with E-state index in [9.17, 15) is 13.2 Å². The average molecular weight is 486 g/mol. The van der Waals surface area contributed by atoms with Crippen molar-refractivity contribution < 1.29 is 13.2 Å². The number of para-hydroxylation sites is 1. The van der Waals surface area contributed by atoms with Crippen LogP contribution in [0.4, 0.5) is 13.2 Å². The predicted octanol–water partition coefficient (Wildman–Crippen LogP) is 7.60. The van der Waals surface area contributed by atoms with Crippen LogP contribution < -0.4 is 10.4 Å². The standard InChI is InChI=1S/C30H26F3NSi/c1-4-17-35(3)28-23-15-11-20(19-9-13-22(14-10-19)30(31,32)33)18-21(23)12-16-25(28)27-29(35)24-7-5-6-8-26(24)34(27)2/h5-16,18H,4,17H2,1-3H3. The van der Waals surface area contributed by atoms with Crippen molar-refractivity contribution in [3.05, 3.63) is 84.4 Å². The van der Waals surface area contributed by atoms with Crippen LogP contribution in [0.5, 0.6) is 0 Å². The molecule has 0 saturated carbocycles. The van der Waals surface area contributed by atoms with E-state index in [4.69, 9.17) is 0 Å². The highest BCUT2D eigenvalue weighted by molar-refractivity contribution is 7.07. The van der Waals surface area contributed by atoms with Crippen molar-refractivity contribution in [3.63, 3.8) is 0 Å². The largest absolute Gasteiger partial charge is 0.416 e. The third-order valence-electron chi connectivity index (χ3n) is 7.78. The molecule has 0 spiro atoms. The first-order chi connectivity index (χ1) is 16.7. The van der Waals surface area contributed by atoms with Crippen LogP contribution in [0.3, 0.4) is 0 Å². The number of aromatic nitrogens is 1. The number of halogens is 3. The summed E-state index contributed by atoms with van der Waals surface area (Å²) in [5, 5.41) is 6.85. The van der Waals surface area contributed by atoms with Gasteiger partial charge < -0.3 is 4.57 Å². The maximum absolute atomic E-state index is 13.0. The number of fused-ring (bicyclic) bond motifs is 7. The molecule has 0 bridgehead atoms. The van der Waals surface area contributed by atoms with Gasteiger partial charge in [0.1, 0.15) is 8.07 Å². The molecule has 0 saturated heterocycles. The molecule has 35 heavy (non-hydrogen) atoms. The molecule has 1 unspecified atom stereocenters. The van der Waals surface area contributed by atoms with Gasteiger partial charge in [0, 0.05) is 18.3 Å². The summed E-state index contributed by atoms with van der Waals surface area (Å²) >= 11 is 0. The molecule has 0 N–H and O–H groups in total. The first kappa shape index (κ1) is 22.2. The van der Waals surface area contributed by atoms with Crippen molar-refractivity contribution in [1.29, 1.82) is 0 Å². The van der Waals surface area contributed by atoms with Crippen molar-refractivity contribution >= 4 is 40.1 Å². The second kappa shape index (κ2) is 7.59. The maximum atomic E-state index is 13.0. The molecule has 5 aromatic rings. The van der Waals surface area contributed by atoms with Gasteiger partial charge in [-0.25, -0.2) is 0 Å². The Morgan fingerprint density at radius 1 is 0.800 bits per heavy atom. The number of rotatable bonds is 3. The second-order valence-electron chi connectivity index (χ2n) is 9.88. The quantitative estimate of drug-likeness (QED) is 0.232. The maximum Gasteiger partial charge on any atom is 0.416 e. The third-order valence-corrected chi connectivity index (χ3v) is 12.5. The van der Waals surface area contributed by atoms with Crippen LogP contribution in [-0.4, -0.2) is 12.6 Å². The van der Waals surface area contributed by atoms with Crippen LogP contribution >= 0.6 is 0 Å². The van der Waals surface area contributed by atoms with Crippen LogP contribution in [-0.2, 0) is 13.2 Å². The van der Waals surface area contributed by atoms with Crippen LogP contribution in [0, 0.1) is 0 Å². The van der Waals surface area contributed by atoms with Gasteiger partial charge in [0.05, 0.1) is 5.56 Å². The first-order valence-corrected chi connectivity index (χ1v) is 14.8. The van der Waals surface area contributed by atoms with E-state index < -0.39 is 19.8 Å². The van der Waals surface area contributed by atoms with Crippen LogP contribution in [0.1, 0.15) is 18.9 Å². The topological polar surface area (TPSA) is 4.93 Å². The Kier molecular flexibility index (Phi) is 4.81. The van der Waals surface area contributed by atoms with E-state index in [0.717, 1.165) is 35.1 Å². The number of alkyl halides is 3. The van der Waals surface area contributed by atoms with Gasteiger partial charge in [-0.05, 0) is 73.5 Å². The van der Waals surface area contributed by atoms with E-state index in [1.807, 2.05) is 0 Å². The van der Waals surface area contributed by atoms with Gasteiger partial charge >= 0.3 is 6.18 Å². The van der Waals surface area contributed by atoms with Crippen LogP contribution in [0.2, 0.25) is 12.6 Å². The van der Waals surface area contributed by atoms with Gasteiger partial charge in [-0.3, -0.25) is 0 Å². The minimum absolute atomic E-state index is 0.619. The van der Waals surface area contributed by atoms with Crippen molar-refractivity contribution in [2.24, 2.45) is 7.05 Å². The van der Waals surface area contributed by atoms with E-state index in [-0.39, 0.29) is 0 Å². The summed E-state index contributed by atoms with van der Waals surface area (Å²) in [6.45, 7) is 4.78. The Morgan fingerprint density at radius 2 is 1.51 bits per heavy atom. The molecule has 0 radical (unpaired) electrons. The van der Waals surface area contributed by atoms with Crippen LogP contribution in [0.25, 0.3) is 44.1 Å². The molecule has 1 aromatic heterocycles. The fraction of sp³-hybridized carbons (Fsp3) is 0.200.